The smallest absolute Gasteiger partial charge is 0.304 e. The Morgan fingerprint density at radius 2 is 2.05 bits per heavy atom. The van der Waals surface area contributed by atoms with Gasteiger partial charge in [-0.2, -0.15) is 0 Å². The van der Waals surface area contributed by atoms with E-state index < -0.39 is 22.0 Å². The Kier molecular flexibility index (Phi) is 6.00. The average molecular weight is 385 g/mol. The summed E-state index contributed by atoms with van der Waals surface area (Å²) in [5.74, 6) is -1.22. The van der Waals surface area contributed by atoms with Crippen LogP contribution in [0.4, 0.5) is 0 Å². The number of benzene rings is 1. The van der Waals surface area contributed by atoms with Crippen LogP contribution in [-0.2, 0) is 14.8 Å². The standard InChI is InChI=1S/C12H15BrClNO4S/c1-7(2)10(6-12(16)17)15-20(18,19)11-4-3-8(13)5-9(11)14/h3-5,7,10,15H,6H2,1-2H3,(H,16,17). The predicted molar refractivity (Wildman–Crippen MR) is 80.4 cm³/mol. The Morgan fingerprint density at radius 1 is 1.45 bits per heavy atom. The number of aliphatic carboxylic acids is 1. The summed E-state index contributed by atoms with van der Waals surface area (Å²) in [5.41, 5.74) is 0. The van der Waals surface area contributed by atoms with Gasteiger partial charge in [-0.25, -0.2) is 13.1 Å². The molecule has 0 heterocycles. The van der Waals surface area contributed by atoms with Crippen LogP contribution in [0, 0.1) is 5.92 Å². The minimum atomic E-state index is -3.86. The zero-order valence-corrected chi connectivity index (χ0v) is 14.1. The maximum Gasteiger partial charge on any atom is 0.304 e. The number of rotatable bonds is 6. The highest BCUT2D eigenvalue weighted by molar-refractivity contribution is 9.10. The molecule has 5 nitrogen and oxygen atoms in total. The third-order valence-corrected chi connectivity index (χ3v) is 5.16. The summed E-state index contributed by atoms with van der Waals surface area (Å²) in [6.07, 6.45) is -0.287. The fraction of sp³-hybridized carbons (Fsp3) is 0.417. The molecule has 0 aromatic heterocycles. The second kappa shape index (κ2) is 6.89. The van der Waals surface area contributed by atoms with Crippen molar-refractivity contribution in [1.82, 2.24) is 4.72 Å². The molecule has 1 atom stereocenters. The van der Waals surface area contributed by atoms with Gasteiger partial charge >= 0.3 is 5.97 Å². The highest BCUT2D eigenvalue weighted by Crippen LogP contribution is 2.25. The van der Waals surface area contributed by atoms with Crippen molar-refractivity contribution >= 4 is 43.5 Å². The second-order valence-corrected chi connectivity index (χ2v) is 7.65. The quantitative estimate of drug-likeness (QED) is 0.790. The molecule has 0 aliphatic rings. The largest absolute Gasteiger partial charge is 0.481 e. The number of halogens is 2. The lowest BCUT2D eigenvalue weighted by Gasteiger charge is -2.20. The molecule has 0 amide bonds. The van der Waals surface area contributed by atoms with Crippen LogP contribution >= 0.6 is 27.5 Å². The Hall–Kier alpha value is -0.630. The summed E-state index contributed by atoms with van der Waals surface area (Å²) in [7, 11) is -3.86. The molecule has 0 radical (unpaired) electrons. The van der Waals surface area contributed by atoms with Gasteiger partial charge in [0, 0.05) is 10.5 Å². The fourth-order valence-corrected chi connectivity index (χ4v) is 3.98. The Bertz CT molecular complexity index is 603. The Balaban J connectivity index is 3.06. The molecule has 0 saturated heterocycles. The molecule has 0 bridgehead atoms. The third kappa shape index (κ3) is 4.73. The van der Waals surface area contributed by atoms with Crippen molar-refractivity contribution in [3.05, 3.63) is 27.7 Å². The van der Waals surface area contributed by atoms with E-state index in [2.05, 4.69) is 20.7 Å². The van der Waals surface area contributed by atoms with Crippen LogP contribution in [-0.4, -0.2) is 25.5 Å². The molecule has 1 rings (SSSR count). The number of nitrogens with one attached hydrogen (secondary N) is 1. The van der Waals surface area contributed by atoms with Crippen molar-refractivity contribution in [2.45, 2.75) is 31.2 Å². The second-order valence-electron chi connectivity index (χ2n) is 4.64. The monoisotopic (exact) mass is 383 g/mol. The van der Waals surface area contributed by atoms with Crippen LogP contribution < -0.4 is 4.72 Å². The predicted octanol–water partition coefficient (Wildman–Crippen LogP) is 2.88. The van der Waals surface area contributed by atoms with E-state index in [1.54, 1.807) is 19.9 Å². The minimum absolute atomic E-state index is 0.0709. The molecular formula is C12H15BrClNO4S. The molecule has 1 unspecified atom stereocenters. The maximum absolute atomic E-state index is 12.3. The minimum Gasteiger partial charge on any atom is -0.481 e. The summed E-state index contributed by atoms with van der Waals surface area (Å²) in [6, 6.07) is 3.70. The highest BCUT2D eigenvalue weighted by atomic mass is 79.9. The summed E-state index contributed by atoms with van der Waals surface area (Å²) < 4.78 is 27.6. The van der Waals surface area contributed by atoms with E-state index in [1.807, 2.05) is 0 Å². The van der Waals surface area contributed by atoms with Gasteiger partial charge < -0.3 is 5.11 Å². The first-order valence-corrected chi connectivity index (χ1v) is 8.48. The van der Waals surface area contributed by atoms with Crippen molar-refractivity contribution in [3.8, 4) is 0 Å². The first-order valence-electron chi connectivity index (χ1n) is 5.82. The molecule has 20 heavy (non-hydrogen) atoms. The van der Waals surface area contributed by atoms with E-state index in [-0.39, 0.29) is 22.3 Å². The van der Waals surface area contributed by atoms with Crippen molar-refractivity contribution in [1.29, 1.82) is 0 Å². The van der Waals surface area contributed by atoms with Gasteiger partial charge in [-0.3, -0.25) is 4.79 Å². The van der Waals surface area contributed by atoms with Crippen molar-refractivity contribution < 1.29 is 18.3 Å². The molecular weight excluding hydrogens is 370 g/mol. The number of carboxylic acid groups (broad SMARTS) is 1. The highest BCUT2D eigenvalue weighted by Gasteiger charge is 2.26. The van der Waals surface area contributed by atoms with Crippen LogP contribution in [0.5, 0.6) is 0 Å². The number of carbonyl (C=O) groups is 1. The zero-order chi connectivity index (χ0) is 15.5. The molecule has 0 aliphatic carbocycles. The van der Waals surface area contributed by atoms with Crippen molar-refractivity contribution in [3.63, 3.8) is 0 Å². The molecule has 1 aromatic carbocycles. The van der Waals surface area contributed by atoms with Crippen molar-refractivity contribution in [2.75, 3.05) is 0 Å². The Labute approximate surface area is 131 Å². The van der Waals surface area contributed by atoms with Gasteiger partial charge in [0.05, 0.1) is 11.4 Å². The molecule has 1 aromatic rings. The molecule has 0 saturated carbocycles. The van der Waals surface area contributed by atoms with E-state index in [4.69, 9.17) is 16.7 Å². The number of hydrogen-bond acceptors (Lipinski definition) is 3. The van der Waals surface area contributed by atoms with Crippen molar-refractivity contribution in [2.24, 2.45) is 5.92 Å². The summed E-state index contributed by atoms with van der Waals surface area (Å²) in [6.45, 7) is 3.50. The van der Waals surface area contributed by atoms with E-state index in [0.29, 0.717) is 4.47 Å². The summed E-state index contributed by atoms with van der Waals surface area (Å²) >= 11 is 9.11. The van der Waals surface area contributed by atoms with Gasteiger partial charge in [0.1, 0.15) is 4.90 Å². The molecule has 8 heteroatoms. The van der Waals surface area contributed by atoms with Gasteiger partial charge in [0.2, 0.25) is 10.0 Å². The maximum atomic E-state index is 12.3. The fourth-order valence-electron chi connectivity index (χ4n) is 1.56. The van der Waals surface area contributed by atoms with E-state index in [1.165, 1.54) is 12.1 Å². The van der Waals surface area contributed by atoms with Crippen LogP contribution in [0.3, 0.4) is 0 Å². The lowest BCUT2D eigenvalue weighted by atomic mass is 10.0. The van der Waals surface area contributed by atoms with Gasteiger partial charge in [-0.15, -0.1) is 0 Å². The molecule has 0 aliphatic heterocycles. The van der Waals surface area contributed by atoms with Gasteiger partial charge in [0.15, 0.2) is 0 Å². The molecule has 0 spiro atoms. The molecule has 112 valence electrons. The van der Waals surface area contributed by atoms with Crippen LogP contribution in [0.25, 0.3) is 0 Å². The Morgan fingerprint density at radius 3 is 2.50 bits per heavy atom. The zero-order valence-electron chi connectivity index (χ0n) is 10.9. The van der Waals surface area contributed by atoms with Crippen LogP contribution in [0.15, 0.2) is 27.6 Å². The molecule has 0 fully saturated rings. The number of hydrogen-bond donors (Lipinski definition) is 2. The third-order valence-electron chi connectivity index (χ3n) is 2.69. The SMILES string of the molecule is CC(C)C(CC(=O)O)NS(=O)(=O)c1ccc(Br)cc1Cl. The van der Waals surface area contributed by atoms with E-state index in [9.17, 15) is 13.2 Å². The van der Waals surface area contributed by atoms with E-state index in [0.717, 1.165) is 0 Å². The first kappa shape index (κ1) is 17.4. The van der Waals surface area contributed by atoms with Crippen LogP contribution in [0.1, 0.15) is 20.3 Å². The van der Waals surface area contributed by atoms with Gasteiger partial charge in [-0.1, -0.05) is 41.4 Å². The topological polar surface area (TPSA) is 83.5 Å². The lowest BCUT2D eigenvalue weighted by molar-refractivity contribution is -0.137. The number of sulfonamides is 1. The summed E-state index contributed by atoms with van der Waals surface area (Å²) in [4.78, 5) is 10.7. The summed E-state index contributed by atoms with van der Waals surface area (Å²) in [5, 5.41) is 8.90. The number of carboxylic acids is 1. The van der Waals surface area contributed by atoms with Gasteiger partial charge in [-0.05, 0) is 24.1 Å². The first-order chi connectivity index (χ1) is 9.13. The van der Waals surface area contributed by atoms with Crippen LogP contribution in [0.2, 0.25) is 5.02 Å². The van der Waals surface area contributed by atoms with E-state index >= 15 is 0 Å². The molecule has 2 N–H and O–H groups in total. The average Bonchev–Trinajstić information content (AvgIpc) is 2.26. The normalized spacial score (nSPS) is 13.4. The van der Waals surface area contributed by atoms with Gasteiger partial charge in [0.25, 0.3) is 0 Å². The lowest BCUT2D eigenvalue weighted by Crippen LogP contribution is -2.40.